The Hall–Kier alpha value is -3.22. The predicted octanol–water partition coefficient (Wildman–Crippen LogP) is 2.74. The molecule has 0 N–H and O–H groups in total. The maximum absolute atomic E-state index is 12.7. The molecule has 0 saturated carbocycles. The van der Waals surface area contributed by atoms with Crippen LogP contribution in [0.4, 0.5) is 0 Å². The highest BCUT2D eigenvalue weighted by molar-refractivity contribution is 5.99. The Morgan fingerprint density at radius 3 is 2.52 bits per heavy atom. The van der Waals surface area contributed by atoms with Crippen molar-refractivity contribution < 1.29 is 19.2 Å². The van der Waals surface area contributed by atoms with Crippen molar-refractivity contribution in [3.8, 4) is 0 Å². The second kappa shape index (κ2) is 7.57. The lowest BCUT2D eigenvalue weighted by molar-refractivity contribution is -0.484. The van der Waals surface area contributed by atoms with E-state index in [0.717, 1.165) is 5.56 Å². The maximum atomic E-state index is 12.7. The molecule has 0 aliphatic carbocycles. The van der Waals surface area contributed by atoms with Crippen LogP contribution in [0.3, 0.4) is 0 Å². The van der Waals surface area contributed by atoms with E-state index in [9.17, 15) is 14.9 Å². The lowest BCUT2D eigenvalue weighted by Gasteiger charge is -2.28. The summed E-state index contributed by atoms with van der Waals surface area (Å²) in [4.78, 5) is 28.2. The van der Waals surface area contributed by atoms with Crippen molar-refractivity contribution in [1.29, 1.82) is 0 Å². The summed E-state index contributed by atoms with van der Waals surface area (Å²) < 4.78 is 10.7. The van der Waals surface area contributed by atoms with E-state index in [4.69, 9.17) is 9.47 Å². The lowest BCUT2D eigenvalue weighted by atomic mass is 9.80. The van der Waals surface area contributed by atoms with E-state index < -0.39 is 28.9 Å². The summed E-state index contributed by atoms with van der Waals surface area (Å²) in [6.45, 7) is 1.34. The number of nitrogens with zero attached hydrogens (tertiary/aromatic N) is 2. The van der Waals surface area contributed by atoms with Crippen LogP contribution in [0.25, 0.3) is 0 Å². The minimum Gasteiger partial charge on any atom is -0.474 e. The van der Waals surface area contributed by atoms with Crippen molar-refractivity contribution in [3.63, 3.8) is 0 Å². The Labute approximate surface area is 156 Å². The topological polar surface area (TPSA) is 91.0 Å². The number of ether oxygens (including phenoxy) is 2. The molecule has 7 heteroatoms. The Morgan fingerprint density at radius 1 is 1.26 bits per heavy atom. The van der Waals surface area contributed by atoms with Crippen molar-refractivity contribution in [3.05, 3.63) is 81.4 Å². The van der Waals surface area contributed by atoms with Gasteiger partial charge in [0.2, 0.25) is 18.0 Å². The first kappa shape index (κ1) is 18.6. The van der Waals surface area contributed by atoms with Gasteiger partial charge in [-0.3, -0.25) is 10.1 Å². The summed E-state index contributed by atoms with van der Waals surface area (Å²) >= 11 is 0. The first-order chi connectivity index (χ1) is 13.0. The second-order valence-corrected chi connectivity index (χ2v) is 6.47. The highest BCUT2D eigenvalue weighted by atomic mass is 16.6. The zero-order valence-electron chi connectivity index (χ0n) is 15.1. The van der Waals surface area contributed by atoms with Crippen LogP contribution in [0.15, 0.2) is 59.6 Å². The van der Waals surface area contributed by atoms with Gasteiger partial charge in [-0.05, 0) is 24.6 Å². The summed E-state index contributed by atoms with van der Waals surface area (Å²) in [7, 11) is 1.25. The number of esters is 1. The lowest BCUT2D eigenvalue weighted by Crippen LogP contribution is -2.47. The summed E-state index contributed by atoms with van der Waals surface area (Å²) in [6, 6.07) is 16.4. The first-order valence-electron chi connectivity index (χ1n) is 8.51. The van der Waals surface area contributed by atoms with Gasteiger partial charge in [0.25, 0.3) is 0 Å². The zero-order chi connectivity index (χ0) is 19.4. The molecule has 0 radical (unpaired) electrons. The molecule has 0 fully saturated rings. The third kappa shape index (κ3) is 3.67. The summed E-state index contributed by atoms with van der Waals surface area (Å²) in [5.74, 6) is -1.19. The molecular formula is C20H20N2O5. The minimum absolute atomic E-state index is 0.115. The van der Waals surface area contributed by atoms with E-state index in [1.807, 2.05) is 37.3 Å². The van der Waals surface area contributed by atoms with E-state index in [2.05, 4.69) is 4.99 Å². The van der Waals surface area contributed by atoms with Crippen LogP contribution in [0, 0.1) is 17.0 Å². The molecule has 0 saturated heterocycles. The SMILES string of the molecule is COC(=O)[C@@]1([C@H](C[N+](=O)[O-])c2ccc(C)cc2)COC(c2ccccc2)=N1. The summed E-state index contributed by atoms with van der Waals surface area (Å²) in [5, 5.41) is 11.4. The van der Waals surface area contributed by atoms with E-state index in [1.165, 1.54) is 7.11 Å². The minimum atomic E-state index is -1.51. The fraction of sp³-hybridized carbons (Fsp3) is 0.300. The molecule has 0 spiro atoms. The molecule has 140 valence electrons. The molecule has 7 nitrogen and oxygen atoms in total. The van der Waals surface area contributed by atoms with Gasteiger partial charge in [-0.2, -0.15) is 0 Å². The average molecular weight is 368 g/mol. The van der Waals surface area contributed by atoms with E-state index in [-0.39, 0.29) is 12.5 Å². The van der Waals surface area contributed by atoms with E-state index >= 15 is 0 Å². The summed E-state index contributed by atoms with van der Waals surface area (Å²) in [6.07, 6.45) is 0. The highest BCUT2D eigenvalue weighted by Gasteiger charge is 2.54. The van der Waals surface area contributed by atoms with Gasteiger partial charge in [-0.1, -0.05) is 48.0 Å². The molecule has 0 bridgehead atoms. The van der Waals surface area contributed by atoms with Crippen LogP contribution in [-0.4, -0.2) is 42.6 Å². The number of benzene rings is 2. The molecular weight excluding hydrogens is 348 g/mol. The van der Waals surface area contributed by atoms with E-state index in [0.29, 0.717) is 11.1 Å². The monoisotopic (exact) mass is 368 g/mol. The number of hydrogen-bond acceptors (Lipinski definition) is 6. The van der Waals surface area contributed by atoms with Gasteiger partial charge in [-0.25, -0.2) is 9.79 Å². The van der Waals surface area contributed by atoms with Gasteiger partial charge < -0.3 is 9.47 Å². The second-order valence-electron chi connectivity index (χ2n) is 6.47. The van der Waals surface area contributed by atoms with Crippen LogP contribution >= 0.6 is 0 Å². The third-order valence-electron chi connectivity index (χ3n) is 4.68. The molecule has 3 rings (SSSR count). The van der Waals surface area contributed by atoms with Gasteiger partial charge in [-0.15, -0.1) is 0 Å². The Morgan fingerprint density at radius 2 is 1.93 bits per heavy atom. The Kier molecular flexibility index (Phi) is 5.21. The molecule has 0 aromatic heterocycles. The predicted molar refractivity (Wildman–Crippen MR) is 99.5 cm³/mol. The quantitative estimate of drug-likeness (QED) is 0.444. The number of nitro groups is 1. The molecule has 1 heterocycles. The van der Waals surface area contributed by atoms with Crippen molar-refractivity contribution >= 4 is 11.9 Å². The largest absolute Gasteiger partial charge is 0.474 e. The number of hydrogen-bond donors (Lipinski definition) is 0. The van der Waals surface area contributed by atoms with Crippen LogP contribution in [-0.2, 0) is 14.3 Å². The third-order valence-corrected chi connectivity index (χ3v) is 4.68. The number of carbonyl (C=O) groups is 1. The van der Waals surface area contributed by atoms with E-state index in [1.54, 1.807) is 24.3 Å². The number of aliphatic imine (C=N–C) groups is 1. The fourth-order valence-corrected chi connectivity index (χ4v) is 3.23. The molecule has 0 amide bonds. The molecule has 1 aliphatic heterocycles. The molecule has 0 unspecified atom stereocenters. The smallest absolute Gasteiger partial charge is 0.338 e. The standard InChI is InChI=1S/C20H20N2O5/c1-14-8-10-15(11-9-14)17(12-22(24)25)20(19(23)26-2)13-27-18(21-20)16-6-4-3-5-7-16/h3-11,17H,12-13H2,1-2H3/t17-,20+/m1/s1. The van der Waals surface area contributed by atoms with Gasteiger partial charge in [0.05, 0.1) is 13.0 Å². The van der Waals surface area contributed by atoms with Crippen molar-refractivity contribution in [2.24, 2.45) is 4.99 Å². The number of rotatable bonds is 6. The van der Waals surface area contributed by atoms with Crippen molar-refractivity contribution in [2.45, 2.75) is 18.4 Å². The highest BCUT2D eigenvalue weighted by Crippen LogP contribution is 2.38. The van der Waals surface area contributed by atoms with Crippen LogP contribution in [0.5, 0.6) is 0 Å². The normalized spacial score (nSPS) is 19.7. The molecule has 2 aromatic carbocycles. The number of methoxy groups -OCH3 is 1. The number of carbonyl (C=O) groups excluding carboxylic acids is 1. The fourth-order valence-electron chi connectivity index (χ4n) is 3.23. The van der Waals surface area contributed by atoms with Crippen LogP contribution < -0.4 is 0 Å². The Balaban J connectivity index is 2.11. The van der Waals surface area contributed by atoms with Crippen LogP contribution in [0.1, 0.15) is 22.6 Å². The molecule has 2 aromatic rings. The average Bonchev–Trinajstić information content (AvgIpc) is 3.13. The zero-order valence-corrected chi connectivity index (χ0v) is 15.1. The van der Waals surface area contributed by atoms with Gasteiger partial charge in [0.15, 0.2) is 0 Å². The number of aryl methyl sites for hydroxylation is 1. The van der Waals surface area contributed by atoms with Gasteiger partial charge in [0.1, 0.15) is 6.61 Å². The van der Waals surface area contributed by atoms with Crippen LogP contribution in [0.2, 0.25) is 0 Å². The molecule has 27 heavy (non-hydrogen) atoms. The van der Waals surface area contributed by atoms with Crippen molar-refractivity contribution in [2.75, 3.05) is 20.3 Å². The van der Waals surface area contributed by atoms with Crippen molar-refractivity contribution in [1.82, 2.24) is 0 Å². The summed E-state index contributed by atoms with van der Waals surface area (Å²) in [5.41, 5.74) is 0.848. The Bertz CT molecular complexity index is 864. The first-order valence-corrected chi connectivity index (χ1v) is 8.51. The van der Waals surface area contributed by atoms with Gasteiger partial charge in [0, 0.05) is 10.5 Å². The maximum Gasteiger partial charge on any atom is 0.338 e. The molecule has 1 aliphatic rings. The molecule has 2 atom stereocenters. The van der Waals surface area contributed by atoms with Gasteiger partial charge >= 0.3 is 5.97 Å².